The molecule has 0 aliphatic carbocycles. The van der Waals surface area contributed by atoms with Crippen LogP contribution in [0, 0.1) is 5.82 Å². The lowest BCUT2D eigenvalue weighted by molar-refractivity contribution is 0.102. The summed E-state index contributed by atoms with van der Waals surface area (Å²) in [5.74, 6) is -1.21. The Bertz CT molecular complexity index is 658. The van der Waals surface area contributed by atoms with E-state index in [0.717, 1.165) is 5.69 Å². The summed E-state index contributed by atoms with van der Waals surface area (Å²) in [5.41, 5.74) is 1.31. The topological polar surface area (TPSA) is 41.1 Å². The van der Waals surface area contributed by atoms with Crippen LogP contribution in [0.2, 0.25) is 5.02 Å². The van der Waals surface area contributed by atoms with Gasteiger partial charge >= 0.3 is 0 Å². The van der Waals surface area contributed by atoms with Crippen molar-refractivity contribution in [1.82, 2.24) is 0 Å². The molecule has 2 rings (SSSR count). The summed E-state index contributed by atoms with van der Waals surface area (Å²) in [6.45, 7) is 6.18. The fourth-order valence-electron chi connectivity index (χ4n) is 1.98. The van der Waals surface area contributed by atoms with Crippen LogP contribution in [0.4, 0.5) is 15.8 Å². The Kier molecular flexibility index (Phi) is 4.71. The maximum Gasteiger partial charge on any atom is 0.260 e. The van der Waals surface area contributed by atoms with Gasteiger partial charge in [0.2, 0.25) is 0 Å². The van der Waals surface area contributed by atoms with E-state index in [2.05, 4.69) is 31.4 Å². The SMILES string of the molecule is CC(C)(C)Nc1ccc(NC(=O)c2c(F)cccc2Cl)cc1. The minimum absolute atomic E-state index is 0.0501. The van der Waals surface area contributed by atoms with Crippen molar-refractivity contribution in [1.29, 1.82) is 0 Å². The molecule has 0 atom stereocenters. The molecule has 0 aromatic heterocycles. The molecule has 2 aromatic rings. The zero-order chi connectivity index (χ0) is 16.3. The first-order valence-corrected chi connectivity index (χ1v) is 7.28. The third kappa shape index (κ3) is 4.21. The molecule has 0 heterocycles. The third-order valence-corrected chi connectivity index (χ3v) is 3.17. The molecule has 116 valence electrons. The summed E-state index contributed by atoms with van der Waals surface area (Å²) < 4.78 is 13.7. The molecule has 0 bridgehead atoms. The fraction of sp³-hybridized carbons (Fsp3) is 0.235. The highest BCUT2D eigenvalue weighted by Crippen LogP contribution is 2.22. The van der Waals surface area contributed by atoms with Gasteiger partial charge in [0, 0.05) is 16.9 Å². The Balaban J connectivity index is 2.12. The van der Waals surface area contributed by atoms with Crippen LogP contribution in [0.3, 0.4) is 0 Å². The van der Waals surface area contributed by atoms with Crippen molar-refractivity contribution in [3.63, 3.8) is 0 Å². The number of carbonyl (C=O) groups excluding carboxylic acids is 1. The summed E-state index contributed by atoms with van der Waals surface area (Å²) in [4.78, 5) is 12.1. The van der Waals surface area contributed by atoms with E-state index in [1.54, 1.807) is 12.1 Å². The van der Waals surface area contributed by atoms with Crippen molar-refractivity contribution in [2.24, 2.45) is 0 Å². The summed E-state index contributed by atoms with van der Waals surface area (Å²) in [5, 5.41) is 6.04. The Morgan fingerprint density at radius 2 is 1.64 bits per heavy atom. The van der Waals surface area contributed by atoms with Crippen molar-refractivity contribution in [3.8, 4) is 0 Å². The first kappa shape index (κ1) is 16.3. The van der Waals surface area contributed by atoms with Gasteiger partial charge in [-0.05, 0) is 57.2 Å². The molecule has 0 aliphatic rings. The lowest BCUT2D eigenvalue weighted by Crippen LogP contribution is -2.25. The molecule has 0 saturated heterocycles. The van der Waals surface area contributed by atoms with E-state index < -0.39 is 11.7 Å². The van der Waals surface area contributed by atoms with Crippen LogP contribution in [-0.2, 0) is 0 Å². The maximum atomic E-state index is 13.7. The van der Waals surface area contributed by atoms with E-state index in [0.29, 0.717) is 5.69 Å². The molecule has 5 heteroatoms. The van der Waals surface area contributed by atoms with Crippen LogP contribution in [0.1, 0.15) is 31.1 Å². The number of halogens is 2. The van der Waals surface area contributed by atoms with Gasteiger partial charge in [0.25, 0.3) is 5.91 Å². The van der Waals surface area contributed by atoms with Gasteiger partial charge in [0.05, 0.1) is 10.6 Å². The fourth-order valence-corrected chi connectivity index (χ4v) is 2.23. The normalized spacial score (nSPS) is 11.1. The van der Waals surface area contributed by atoms with Gasteiger partial charge in [-0.25, -0.2) is 4.39 Å². The van der Waals surface area contributed by atoms with E-state index >= 15 is 0 Å². The number of rotatable bonds is 3. The van der Waals surface area contributed by atoms with Crippen LogP contribution in [0.25, 0.3) is 0 Å². The number of nitrogens with one attached hydrogen (secondary N) is 2. The predicted molar refractivity (Wildman–Crippen MR) is 89.2 cm³/mol. The van der Waals surface area contributed by atoms with Gasteiger partial charge < -0.3 is 10.6 Å². The van der Waals surface area contributed by atoms with Crippen molar-refractivity contribution >= 4 is 28.9 Å². The lowest BCUT2D eigenvalue weighted by atomic mass is 10.1. The standard InChI is InChI=1S/C17H18ClFN2O/c1-17(2,3)21-12-9-7-11(8-10-12)20-16(22)15-13(18)5-4-6-14(15)19/h4-10,21H,1-3H3,(H,20,22). The van der Waals surface area contributed by atoms with Gasteiger partial charge in [-0.1, -0.05) is 17.7 Å². The van der Waals surface area contributed by atoms with Crippen molar-refractivity contribution in [2.75, 3.05) is 10.6 Å². The van der Waals surface area contributed by atoms with Crippen molar-refractivity contribution in [3.05, 3.63) is 58.9 Å². The summed E-state index contributed by atoms with van der Waals surface area (Å²) in [6, 6.07) is 11.4. The Hall–Kier alpha value is -2.07. The predicted octanol–water partition coefficient (Wildman–Crippen LogP) is 4.94. The molecule has 22 heavy (non-hydrogen) atoms. The average molecular weight is 321 g/mol. The first-order chi connectivity index (χ1) is 10.3. The zero-order valence-corrected chi connectivity index (χ0v) is 13.5. The second kappa shape index (κ2) is 6.36. The second-order valence-electron chi connectivity index (χ2n) is 6.00. The molecule has 2 N–H and O–H groups in total. The van der Waals surface area contributed by atoms with Gasteiger partial charge in [-0.3, -0.25) is 4.79 Å². The largest absolute Gasteiger partial charge is 0.380 e. The Morgan fingerprint density at radius 1 is 1.05 bits per heavy atom. The molecule has 2 aromatic carbocycles. The maximum absolute atomic E-state index is 13.7. The van der Waals surface area contributed by atoms with Crippen LogP contribution in [0.15, 0.2) is 42.5 Å². The van der Waals surface area contributed by atoms with E-state index in [-0.39, 0.29) is 16.1 Å². The Labute approximate surface area is 134 Å². The molecule has 0 unspecified atom stereocenters. The Morgan fingerprint density at radius 3 is 2.18 bits per heavy atom. The van der Waals surface area contributed by atoms with E-state index in [9.17, 15) is 9.18 Å². The van der Waals surface area contributed by atoms with Gasteiger partial charge in [-0.15, -0.1) is 0 Å². The van der Waals surface area contributed by atoms with Crippen LogP contribution in [0.5, 0.6) is 0 Å². The number of hydrogen-bond acceptors (Lipinski definition) is 2. The highest BCUT2D eigenvalue weighted by atomic mass is 35.5. The monoisotopic (exact) mass is 320 g/mol. The van der Waals surface area contributed by atoms with E-state index in [1.807, 2.05) is 12.1 Å². The molecule has 0 radical (unpaired) electrons. The minimum atomic E-state index is -0.643. The first-order valence-electron chi connectivity index (χ1n) is 6.90. The molecule has 0 fully saturated rings. The molecule has 0 saturated carbocycles. The highest BCUT2D eigenvalue weighted by Gasteiger charge is 2.16. The molecular formula is C17H18ClFN2O. The van der Waals surface area contributed by atoms with Gasteiger partial charge in [-0.2, -0.15) is 0 Å². The molecule has 0 aliphatic heterocycles. The zero-order valence-electron chi connectivity index (χ0n) is 12.7. The summed E-state index contributed by atoms with van der Waals surface area (Å²) >= 11 is 5.88. The van der Waals surface area contributed by atoms with Crippen molar-refractivity contribution < 1.29 is 9.18 Å². The smallest absolute Gasteiger partial charge is 0.260 e. The van der Waals surface area contributed by atoms with E-state index in [1.165, 1.54) is 18.2 Å². The van der Waals surface area contributed by atoms with Gasteiger partial charge in [0.1, 0.15) is 5.82 Å². The quantitative estimate of drug-likeness (QED) is 0.840. The van der Waals surface area contributed by atoms with E-state index in [4.69, 9.17) is 11.6 Å². The highest BCUT2D eigenvalue weighted by molar-refractivity contribution is 6.34. The number of carbonyl (C=O) groups is 1. The number of benzene rings is 2. The summed E-state index contributed by atoms with van der Waals surface area (Å²) in [7, 11) is 0. The average Bonchev–Trinajstić information content (AvgIpc) is 2.39. The van der Waals surface area contributed by atoms with Crippen LogP contribution >= 0.6 is 11.6 Å². The second-order valence-corrected chi connectivity index (χ2v) is 6.41. The third-order valence-electron chi connectivity index (χ3n) is 2.85. The number of amides is 1. The number of anilines is 2. The molecule has 3 nitrogen and oxygen atoms in total. The van der Waals surface area contributed by atoms with Gasteiger partial charge in [0.15, 0.2) is 0 Å². The molecular weight excluding hydrogens is 303 g/mol. The molecule has 1 amide bonds. The number of hydrogen-bond donors (Lipinski definition) is 2. The van der Waals surface area contributed by atoms with Crippen LogP contribution < -0.4 is 10.6 Å². The summed E-state index contributed by atoms with van der Waals surface area (Å²) in [6.07, 6.45) is 0. The minimum Gasteiger partial charge on any atom is -0.380 e. The van der Waals surface area contributed by atoms with Crippen molar-refractivity contribution in [2.45, 2.75) is 26.3 Å². The lowest BCUT2D eigenvalue weighted by Gasteiger charge is -2.22. The van der Waals surface area contributed by atoms with Crippen LogP contribution in [-0.4, -0.2) is 11.4 Å². The molecule has 0 spiro atoms.